The first-order valence-electron chi connectivity index (χ1n) is 8.03. The largest absolute Gasteiger partial charge is 0.481 e. The minimum atomic E-state index is -0.660. The smallest absolute Gasteiger partial charge is 0.338 e. The summed E-state index contributed by atoms with van der Waals surface area (Å²) in [5.41, 5.74) is 0.889. The number of hydrogen-bond donors (Lipinski definition) is 1. The Hall–Kier alpha value is -2.53. The van der Waals surface area contributed by atoms with Gasteiger partial charge in [0, 0.05) is 10.7 Å². The van der Waals surface area contributed by atoms with Crippen molar-refractivity contribution in [3.63, 3.8) is 0 Å². The lowest BCUT2D eigenvalue weighted by atomic mass is 10.2. The zero-order valence-electron chi connectivity index (χ0n) is 14.1. The van der Waals surface area contributed by atoms with Gasteiger partial charge in [-0.15, -0.1) is 0 Å². The van der Waals surface area contributed by atoms with Crippen LogP contribution in [-0.4, -0.2) is 24.6 Å². The predicted octanol–water partition coefficient (Wildman–Crippen LogP) is 4.31. The number of ether oxygens (including phenoxy) is 2. The number of benzene rings is 2. The molecule has 0 spiro atoms. The molecule has 0 radical (unpaired) electrons. The summed E-state index contributed by atoms with van der Waals surface area (Å²) in [6, 6.07) is 13.4. The van der Waals surface area contributed by atoms with Crippen molar-refractivity contribution in [1.29, 1.82) is 0 Å². The molecule has 6 heteroatoms. The number of carbonyl (C=O) groups excluding carboxylic acids is 2. The number of esters is 1. The quantitative estimate of drug-likeness (QED) is 0.746. The first kappa shape index (κ1) is 18.8. The molecule has 5 nitrogen and oxygen atoms in total. The first-order chi connectivity index (χ1) is 12.0. The second kappa shape index (κ2) is 9.08. The first-order valence-corrected chi connectivity index (χ1v) is 8.41. The van der Waals surface area contributed by atoms with Crippen molar-refractivity contribution < 1.29 is 19.1 Å². The van der Waals surface area contributed by atoms with Gasteiger partial charge >= 0.3 is 5.97 Å². The lowest BCUT2D eigenvalue weighted by molar-refractivity contribution is -0.122. The van der Waals surface area contributed by atoms with E-state index in [0.29, 0.717) is 35.1 Å². The van der Waals surface area contributed by atoms with Gasteiger partial charge < -0.3 is 14.8 Å². The third kappa shape index (κ3) is 5.50. The van der Waals surface area contributed by atoms with E-state index >= 15 is 0 Å². The second-order valence-corrected chi connectivity index (χ2v) is 5.70. The van der Waals surface area contributed by atoms with Crippen LogP contribution < -0.4 is 10.1 Å². The van der Waals surface area contributed by atoms with E-state index < -0.39 is 12.1 Å². The van der Waals surface area contributed by atoms with Gasteiger partial charge in [0.05, 0.1) is 12.2 Å². The van der Waals surface area contributed by atoms with E-state index in [-0.39, 0.29) is 5.91 Å². The van der Waals surface area contributed by atoms with Crippen LogP contribution in [-0.2, 0) is 9.53 Å². The second-order valence-electron chi connectivity index (χ2n) is 5.26. The SMILES string of the molecule is CCOC(=O)c1cccc(NC(=O)C(CC)Oc2ccc(Cl)cc2)c1. The maximum atomic E-state index is 12.4. The normalized spacial score (nSPS) is 11.5. The fraction of sp³-hybridized carbons (Fsp3) is 0.263. The number of hydrogen-bond acceptors (Lipinski definition) is 4. The van der Waals surface area contributed by atoms with Crippen LogP contribution in [0, 0.1) is 0 Å². The summed E-state index contributed by atoms with van der Waals surface area (Å²) in [6.07, 6.45) is -0.168. The molecule has 0 saturated carbocycles. The fourth-order valence-corrected chi connectivity index (χ4v) is 2.29. The Morgan fingerprint density at radius 1 is 1.12 bits per heavy atom. The Morgan fingerprint density at radius 3 is 2.48 bits per heavy atom. The molecular formula is C19H20ClNO4. The van der Waals surface area contributed by atoms with E-state index in [1.165, 1.54) is 0 Å². The number of carbonyl (C=O) groups is 2. The van der Waals surface area contributed by atoms with Gasteiger partial charge in [-0.1, -0.05) is 24.6 Å². The Kier molecular flexibility index (Phi) is 6.83. The van der Waals surface area contributed by atoms with Gasteiger partial charge in [0.25, 0.3) is 5.91 Å². The van der Waals surface area contributed by atoms with Crippen molar-refractivity contribution in [2.24, 2.45) is 0 Å². The molecular weight excluding hydrogens is 342 g/mol. The number of anilines is 1. The van der Waals surface area contributed by atoms with E-state index in [0.717, 1.165) is 0 Å². The van der Waals surface area contributed by atoms with E-state index in [4.69, 9.17) is 21.1 Å². The van der Waals surface area contributed by atoms with Crippen LogP contribution in [0.2, 0.25) is 5.02 Å². The average Bonchev–Trinajstić information content (AvgIpc) is 2.61. The van der Waals surface area contributed by atoms with Crippen LogP contribution in [0.3, 0.4) is 0 Å². The molecule has 0 saturated heterocycles. The van der Waals surface area contributed by atoms with Crippen molar-refractivity contribution in [2.75, 3.05) is 11.9 Å². The van der Waals surface area contributed by atoms with Gasteiger partial charge in [-0.2, -0.15) is 0 Å². The minimum absolute atomic E-state index is 0.293. The lowest BCUT2D eigenvalue weighted by Crippen LogP contribution is -2.32. The number of rotatable bonds is 7. The molecule has 0 heterocycles. The molecule has 0 aromatic heterocycles. The fourth-order valence-electron chi connectivity index (χ4n) is 2.16. The molecule has 0 aliphatic heterocycles. The lowest BCUT2D eigenvalue weighted by Gasteiger charge is -2.17. The Labute approximate surface area is 151 Å². The monoisotopic (exact) mass is 361 g/mol. The minimum Gasteiger partial charge on any atom is -0.481 e. The molecule has 25 heavy (non-hydrogen) atoms. The zero-order valence-corrected chi connectivity index (χ0v) is 14.9. The number of amides is 1. The molecule has 0 aliphatic rings. The highest BCUT2D eigenvalue weighted by molar-refractivity contribution is 6.30. The standard InChI is InChI=1S/C19H20ClNO4/c1-3-17(25-16-10-8-14(20)9-11-16)18(22)21-15-7-5-6-13(12-15)19(23)24-4-2/h5-12,17H,3-4H2,1-2H3,(H,21,22). The third-order valence-corrected chi connectivity index (χ3v) is 3.65. The molecule has 2 rings (SSSR count). The summed E-state index contributed by atoms with van der Waals surface area (Å²) in [5, 5.41) is 3.36. The average molecular weight is 362 g/mol. The molecule has 2 aromatic carbocycles. The topological polar surface area (TPSA) is 64.6 Å². The molecule has 1 N–H and O–H groups in total. The summed E-state index contributed by atoms with van der Waals surface area (Å²) in [7, 11) is 0. The molecule has 0 aliphatic carbocycles. The Balaban J connectivity index is 2.05. The van der Waals surface area contributed by atoms with Crippen molar-refractivity contribution in [1.82, 2.24) is 0 Å². The zero-order chi connectivity index (χ0) is 18.2. The summed E-state index contributed by atoms with van der Waals surface area (Å²) < 4.78 is 10.7. The highest BCUT2D eigenvalue weighted by atomic mass is 35.5. The molecule has 132 valence electrons. The molecule has 2 aromatic rings. The van der Waals surface area contributed by atoms with Crippen LogP contribution in [0.4, 0.5) is 5.69 Å². The summed E-state index contributed by atoms with van der Waals surface area (Å²) in [5.74, 6) is -0.159. The maximum Gasteiger partial charge on any atom is 0.338 e. The van der Waals surface area contributed by atoms with Gasteiger partial charge in [-0.25, -0.2) is 4.79 Å². The van der Waals surface area contributed by atoms with Crippen LogP contribution >= 0.6 is 11.6 Å². The summed E-state index contributed by atoms with van der Waals surface area (Å²) >= 11 is 5.84. The van der Waals surface area contributed by atoms with Gasteiger partial charge in [0.15, 0.2) is 6.10 Å². The molecule has 0 bridgehead atoms. The highest BCUT2D eigenvalue weighted by Crippen LogP contribution is 2.19. The van der Waals surface area contributed by atoms with Crippen LogP contribution in [0.15, 0.2) is 48.5 Å². The van der Waals surface area contributed by atoms with E-state index in [2.05, 4.69) is 5.32 Å². The maximum absolute atomic E-state index is 12.4. The summed E-state index contributed by atoms with van der Waals surface area (Å²) in [6.45, 7) is 3.89. The van der Waals surface area contributed by atoms with Gasteiger partial charge in [-0.05, 0) is 55.8 Å². The number of nitrogens with one attached hydrogen (secondary N) is 1. The Bertz CT molecular complexity index is 730. The molecule has 1 unspecified atom stereocenters. The third-order valence-electron chi connectivity index (χ3n) is 3.40. The number of halogens is 1. The van der Waals surface area contributed by atoms with E-state index in [1.807, 2.05) is 6.92 Å². The van der Waals surface area contributed by atoms with Gasteiger partial charge in [0.2, 0.25) is 0 Å². The Morgan fingerprint density at radius 2 is 1.84 bits per heavy atom. The van der Waals surface area contributed by atoms with E-state index in [9.17, 15) is 9.59 Å². The molecule has 1 amide bonds. The molecule has 1 atom stereocenters. The van der Waals surface area contributed by atoms with Crippen LogP contribution in [0.25, 0.3) is 0 Å². The van der Waals surface area contributed by atoms with Crippen LogP contribution in [0.5, 0.6) is 5.75 Å². The van der Waals surface area contributed by atoms with Crippen molar-refractivity contribution in [3.8, 4) is 5.75 Å². The van der Waals surface area contributed by atoms with Crippen LogP contribution in [0.1, 0.15) is 30.6 Å². The van der Waals surface area contributed by atoms with Crippen molar-refractivity contribution in [3.05, 3.63) is 59.1 Å². The van der Waals surface area contributed by atoms with Crippen molar-refractivity contribution >= 4 is 29.2 Å². The van der Waals surface area contributed by atoms with Gasteiger partial charge in [-0.3, -0.25) is 4.79 Å². The van der Waals surface area contributed by atoms with E-state index in [1.54, 1.807) is 55.5 Å². The van der Waals surface area contributed by atoms with Gasteiger partial charge in [0.1, 0.15) is 5.75 Å². The molecule has 0 fully saturated rings. The predicted molar refractivity (Wildman–Crippen MR) is 97.2 cm³/mol. The van der Waals surface area contributed by atoms with Crippen molar-refractivity contribution in [2.45, 2.75) is 26.4 Å². The highest BCUT2D eigenvalue weighted by Gasteiger charge is 2.19. The summed E-state index contributed by atoms with van der Waals surface area (Å²) in [4.78, 5) is 24.2.